The number of aliphatic hydroxyl groups is 1. The van der Waals surface area contributed by atoms with Crippen molar-refractivity contribution >= 4 is 17.6 Å². The molecule has 0 saturated carbocycles. The third-order valence-corrected chi connectivity index (χ3v) is 3.32. The molecule has 0 aliphatic carbocycles. The van der Waals surface area contributed by atoms with Crippen molar-refractivity contribution < 1.29 is 27.9 Å². The molecule has 1 unspecified atom stereocenters. The van der Waals surface area contributed by atoms with Crippen LogP contribution in [-0.2, 0) is 0 Å². The van der Waals surface area contributed by atoms with Crippen LogP contribution in [0.2, 0.25) is 0 Å². The zero-order valence-corrected chi connectivity index (χ0v) is 12.7. The molecule has 2 rings (SSSR count). The van der Waals surface area contributed by atoms with Crippen molar-refractivity contribution in [1.29, 1.82) is 0 Å². The van der Waals surface area contributed by atoms with E-state index < -0.39 is 42.0 Å². The van der Waals surface area contributed by atoms with E-state index in [1.165, 1.54) is 6.07 Å². The van der Waals surface area contributed by atoms with Crippen molar-refractivity contribution in [2.24, 2.45) is 5.73 Å². The van der Waals surface area contributed by atoms with Gasteiger partial charge in [-0.1, -0.05) is 6.07 Å². The van der Waals surface area contributed by atoms with Crippen molar-refractivity contribution in [1.82, 2.24) is 5.32 Å². The Balaban J connectivity index is 2.10. The van der Waals surface area contributed by atoms with Gasteiger partial charge in [-0.3, -0.25) is 4.79 Å². The Morgan fingerprint density at radius 1 is 1.08 bits per heavy atom. The van der Waals surface area contributed by atoms with Crippen LogP contribution < -0.4 is 16.4 Å². The molecule has 1 atom stereocenters. The maximum absolute atomic E-state index is 13.7. The molecule has 0 spiro atoms. The van der Waals surface area contributed by atoms with Crippen LogP contribution in [0.3, 0.4) is 0 Å². The fraction of sp³-hybridized carbons (Fsp3) is 0.125. The van der Waals surface area contributed by atoms with Gasteiger partial charge in [0.15, 0.2) is 0 Å². The summed E-state index contributed by atoms with van der Waals surface area (Å²) in [6.07, 6.45) is 0. The highest BCUT2D eigenvalue weighted by atomic mass is 19.1. The van der Waals surface area contributed by atoms with E-state index in [2.05, 4.69) is 10.6 Å². The average molecular weight is 353 g/mol. The van der Waals surface area contributed by atoms with Gasteiger partial charge < -0.3 is 21.5 Å². The lowest BCUT2D eigenvalue weighted by Crippen LogP contribution is -2.35. The van der Waals surface area contributed by atoms with E-state index in [1.54, 1.807) is 0 Å². The minimum absolute atomic E-state index is 0.0104. The summed E-state index contributed by atoms with van der Waals surface area (Å²) >= 11 is 0. The minimum atomic E-state index is -1.14. The predicted molar refractivity (Wildman–Crippen MR) is 83.3 cm³/mol. The van der Waals surface area contributed by atoms with Gasteiger partial charge in [-0.25, -0.2) is 18.0 Å². The molecule has 3 amide bonds. The number of urea groups is 1. The number of halogens is 3. The molecule has 0 aliphatic heterocycles. The molecule has 2 aromatic rings. The number of aliphatic hydroxyl groups excluding tert-OH is 1. The van der Waals surface area contributed by atoms with Crippen molar-refractivity contribution in [3.8, 4) is 0 Å². The number of hydrogen-bond acceptors (Lipinski definition) is 3. The number of benzene rings is 2. The number of carbonyl (C=O) groups is 2. The molecular formula is C16H14F3N3O3. The molecular weight excluding hydrogens is 339 g/mol. The van der Waals surface area contributed by atoms with Crippen molar-refractivity contribution in [2.75, 3.05) is 11.9 Å². The molecule has 0 aliphatic rings. The zero-order chi connectivity index (χ0) is 18.6. The molecule has 0 radical (unpaired) electrons. The Bertz CT molecular complexity index is 814. The van der Waals surface area contributed by atoms with E-state index in [1.807, 2.05) is 0 Å². The summed E-state index contributed by atoms with van der Waals surface area (Å²) in [4.78, 5) is 22.9. The van der Waals surface area contributed by atoms with Crippen LogP contribution in [0.25, 0.3) is 0 Å². The lowest BCUT2D eigenvalue weighted by Gasteiger charge is -2.18. The number of carbonyl (C=O) groups excluding carboxylic acids is 2. The molecule has 0 heterocycles. The first-order chi connectivity index (χ1) is 11.8. The van der Waals surface area contributed by atoms with Crippen molar-refractivity contribution in [2.45, 2.75) is 6.04 Å². The number of hydrogen-bond donors (Lipinski definition) is 4. The highest BCUT2D eigenvalue weighted by Gasteiger charge is 2.18. The lowest BCUT2D eigenvalue weighted by molar-refractivity contribution is 0.0996. The van der Waals surface area contributed by atoms with E-state index in [0.717, 1.165) is 24.3 Å². The van der Waals surface area contributed by atoms with Gasteiger partial charge in [0, 0.05) is 17.3 Å². The average Bonchev–Trinajstić information content (AvgIpc) is 2.52. The van der Waals surface area contributed by atoms with E-state index >= 15 is 0 Å². The second-order valence-electron chi connectivity index (χ2n) is 5.06. The maximum atomic E-state index is 13.7. The molecule has 0 bridgehead atoms. The fourth-order valence-electron chi connectivity index (χ4n) is 2.12. The topological polar surface area (TPSA) is 104 Å². The highest BCUT2D eigenvalue weighted by molar-refractivity contribution is 5.94. The summed E-state index contributed by atoms with van der Waals surface area (Å²) in [5.74, 6) is -3.61. The first-order valence-corrected chi connectivity index (χ1v) is 7.04. The Labute approximate surface area is 140 Å². The van der Waals surface area contributed by atoms with Crippen molar-refractivity contribution in [3.63, 3.8) is 0 Å². The van der Waals surface area contributed by atoms with Gasteiger partial charge in [0.2, 0.25) is 0 Å². The number of nitrogens with two attached hydrogens (primary N) is 1. The smallest absolute Gasteiger partial charge is 0.319 e. The number of rotatable bonds is 5. The van der Waals surface area contributed by atoms with Gasteiger partial charge in [-0.15, -0.1) is 0 Å². The summed E-state index contributed by atoms with van der Waals surface area (Å²) in [6, 6.07) is 3.91. The van der Waals surface area contributed by atoms with Crippen LogP contribution in [-0.4, -0.2) is 23.7 Å². The molecule has 0 fully saturated rings. The summed E-state index contributed by atoms with van der Waals surface area (Å²) in [7, 11) is 0. The van der Waals surface area contributed by atoms with Crippen LogP contribution in [0.4, 0.5) is 23.7 Å². The predicted octanol–water partition coefficient (Wildman–Crippen LogP) is 2.06. The molecule has 5 N–H and O–H groups in total. The van der Waals surface area contributed by atoms with E-state index in [0.29, 0.717) is 6.07 Å². The molecule has 25 heavy (non-hydrogen) atoms. The van der Waals surface area contributed by atoms with E-state index in [4.69, 9.17) is 5.73 Å². The Morgan fingerprint density at radius 2 is 1.80 bits per heavy atom. The number of nitrogens with one attached hydrogen (secondary N) is 2. The first kappa shape index (κ1) is 18.3. The SMILES string of the molecule is NC(=O)c1ccc(NC(=O)NC(CO)c2ccc(F)cc2F)cc1F. The third kappa shape index (κ3) is 4.48. The summed E-state index contributed by atoms with van der Waals surface area (Å²) in [6.45, 7) is -0.648. The summed E-state index contributed by atoms with van der Waals surface area (Å²) in [5.41, 5.74) is 4.52. The summed E-state index contributed by atoms with van der Waals surface area (Å²) in [5, 5.41) is 13.9. The quantitative estimate of drug-likeness (QED) is 0.661. The molecule has 0 aromatic heterocycles. The Kier molecular flexibility index (Phi) is 5.60. The second kappa shape index (κ2) is 7.67. The molecule has 6 nitrogen and oxygen atoms in total. The third-order valence-electron chi connectivity index (χ3n) is 3.32. The zero-order valence-electron chi connectivity index (χ0n) is 12.7. The van der Waals surface area contributed by atoms with E-state index in [-0.39, 0.29) is 16.8 Å². The monoisotopic (exact) mass is 353 g/mol. The maximum Gasteiger partial charge on any atom is 0.319 e. The van der Waals surface area contributed by atoms with Gasteiger partial charge in [-0.05, 0) is 24.3 Å². The standard InChI is InChI=1S/C16H14F3N3O3/c17-8-1-3-10(12(18)5-8)14(7-23)22-16(25)21-9-2-4-11(15(20)24)13(19)6-9/h1-6,14,23H,7H2,(H2,20,24)(H2,21,22,25). The van der Waals surface area contributed by atoms with Crippen LogP contribution >= 0.6 is 0 Å². The Morgan fingerprint density at radius 3 is 2.36 bits per heavy atom. The largest absolute Gasteiger partial charge is 0.394 e. The van der Waals surface area contributed by atoms with Crippen molar-refractivity contribution in [3.05, 3.63) is 65.0 Å². The normalized spacial score (nSPS) is 11.7. The molecule has 0 saturated heterocycles. The summed E-state index contributed by atoms with van der Waals surface area (Å²) < 4.78 is 40.3. The first-order valence-electron chi connectivity index (χ1n) is 7.04. The lowest BCUT2D eigenvalue weighted by atomic mass is 10.1. The van der Waals surface area contributed by atoms with Gasteiger partial charge >= 0.3 is 6.03 Å². The van der Waals surface area contributed by atoms with Gasteiger partial charge in [0.25, 0.3) is 5.91 Å². The number of anilines is 1. The number of amides is 3. The fourth-order valence-corrected chi connectivity index (χ4v) is 2.12. The second-order valence-corrected chi connectivity index (χ2v) is 5.06. The molecule has 9 heteroatoms. The molecule has 132 valence electrons. The highest BCUT2D eigenvalue weighted by Crippen LogP contribution is 2.19. The Hall–Kier alpha value is -3.07. The van der Waals surface area contributed by atoms with Gasteiger partial charge in [0.05, 0.1) is 18.2 Å². The number of primary amides is 1. The van der Waals surface area contributed by atoms with Crippen LogP contribution in [0.1, 0.15) is 22.0 Å². The minimum Gasteiger partial charge on any atom is -0.394 e. The van der Waals surface area contributed by atoms with E-state index in [9.17, 15) is 27.9 Å². The van der Waals surface area contributed by atoms with Gasteiger partial charge in [-0.2, -0.15) is 0 Å². The molecule has 2 aromatic carbocycles. The van der Waals surface area contributed by atoms with Crippen LogP contribution in [0.5, 0.6) is 0 Å². The van der Waals surface area contributed by atoms with Crippen LogP contribution in [0, 0.1) is 17.5 Å². The van der Waals surface area contributed by atoms with Crippen LogP contribution in [0.15, 0.2) is 36.4 Å². The van der Waals surface area contributed by atoms with Gasteiger partial charge in [0.1, 0.15) is 17.5 Å².